The van der Waals surface area contributed by atoms with E-state index in [0.29, 0.717) is 5.75 Å². The van der Waals surface area contributed by atoms with Gasteiger partial charge in [0.2, 0.25) is 0 Å². The van der Waals surface area contributed by atoms with Gasteiger partial charge in [0, 0.05) is 17.6 Å². The molecule has 0 aliphatic rings. The SMILES string of the molecule is COc1c(O)cc2ncccc2c1Br. The molecule has 0 aliphatic heterocycles. The average Bonchev–Trinajstić information content (AvgIpc) is 2.18. The third kappa shape index (κ3) is 1.32. The van der Waals surface area contributed by atoms with Crippen LogP contribution in [-0.4, -0.2) is 17.2 Å². The lowest BCUT2D eigenvalue weighted by Gasteiger charge is -2.08. The Hall–Kier alpha value is -1.29. The van der Waals surface area contributed by atoms with Crippen molar-refractivity contribution in [3.8, 4) is 11.5 Å². The van der Waals surface area contributed by atoms with Gasteiger partial charge < -0.3 is 9.84 Å². The Morgan fingerprint density at radius 1 is 1.50 bits per heavy atom. The molecule has 0 unspecified atom stereocenters. The molecule has 0 bridgehead atoms. The van der Waals surface area contributed by atoms with E-state index in [0.717, 1.165) is 15.4 Å². The van der Waals surface area contributed by atoms with Gasteiger partial charge in [0.05, 0.1) is 17.1 Å². The number of pyridine rings is 1. The van der Waals surface area contributed by atoms with E-state index in [1.807, 2.05) is 12.1 Å². The van der Waals surface area contributed by atoms with Gasteiger partial charge in [-0.05, 0) is 22.0 Å². The van der Waals surface area contributed by atoms with E-state index < -0.39 is 0 Å². The Morgan fingerprint density at radius 3 is 3.00 bits per heavy atom. The van der Waals surface area contributed by atoms with E-state index in [1.165, 1.54) is 7.11 Å². The molecule has 0 aliphatic carbocycles. The lowest BCUT2D eigenvalue weighted by Crippen LogP contribution is -1.87. The zero-order valence-electron chi connectivity index (χ0n) is 7.49. The van der Waals surface area contributed by atoms with E-state index in [2.05, 4.69) is 20.9 Å². The molecule has 0 saturated carbocycles. The topological polar surface area (TPSA) is 42.4 Å². The number of fused-ring (bicyclic) bond motifs is 1. The van der Waals surface area contributed by atoms with Crippen LogP contribution in [-0.2, 0) is 0 Å². The normalized spacial score (nSPS) is 10.4. The molecule has 0 radical (unpaired) electrons. The quantitative estimate of drug-likeness (QED) is 0.850. The molecular formula is C10H8BrNO2. The third-order valence-electron chi connectivity index (χ3n) is 1.98. The van der Waals surface area contributed by atoms with Crippen molar-refractivity contribution in [2.75, 3.05) is 7.11 Å². The highest BCUT2D eigenvalue weighted by Gasteiger charge is 2.11. The Balaban J connectivity index is 2.86. The molecule has 72 valence electrons. The highest BCUT2D eigenvalue weighted by atomic mass is 79.9. The first kappa shape index (κ1) is 9.27. The first-order valence-electron chi connectivity index (χ1n) is 4.04. The molecule has 2 aromatic rings. The molecular weight excluding hydrogens is 246 g/mol. The fourth-order valence-electron chi connectivity index (χ4n) is 1.34. The fourth-order valence-corrected chi connectivity index (χ4v) is 2.04. The van der Waals surface area contributed by atoms with Crippen LogP contribution in [0.1, 0.15) is 0 Å². The van der Waals surface area contributed by atoms with Gasteiger partial charge in [-0.3, -0.25) is 4.98 Å². The van der Waals surface area contributed by atoms with E-state index in [1.54, 1.807) is 12.3 Å². The first-order valence-corrected chi connectivity index (χ1v) is 4.83. The molecule has 0 saturated heterocycles. The maximum atomic E-state index is 9.59. The van der Waals surface area contributed by atoms with E-state index in [4.69, 9.17) is 4.74 Å². The minimum Gasteiger partial charge on any atom is -0.504 e. The summed E-state index contributed by atoms with van der Waals surface area (Å²) < 4.78 is 5.78. The maximum absolute atomic E-state index is 9.59. The predicted molar refractivity (Wildman–Crippen MR) is 57.7 cm³/mol. The van der Waals surface area contributed by atoms with Crippen molar-refractivity contribution in [3.63, 3.8) is 0 Å². The lowest BCUT2D eigenvalue weighted by molar-refractivity contribution is 0.372. The van der Waals surface area contributed by atoms with Crippen LogP contribution in [0.3, 0.4) is 0 Å². The van der Waals surface area contributed by atoms with Crippen LogP contribution < -0.4 is 4.74 Å². The van der Waals surface area contributed by atoms with Gasteiger partial charge in [0.1, 0.15) is 0 Å². The van der Waals surface area contributed by atoms with Crippen LogP contribution in [0.2, 0.25) is 0 Å². The number of aromatic nitrogens is 1. The second-order valence-electron chi connectivity index (χ2n) is 2.81. The molecule has 0 spiro atoms. The average molecular weight is 254 g/mol. The molecule has 1 heterocycles. The van der Waals surface area contributed by atoms with Crippen molar-refractivity contribution in [2.45, 2.75) is 0 Å². The summed E-state index contributed by atoms with van der Waals surface area (Å²) >= 11 is 3.37. The van der Waals surface area contributed by atoms with Crippen molar-refractivity contribution in [1.82, 2.24) is 4.98 Å². The summed E-state index contributed by atoms with van der Waals surface area (Å²) in [6, 6.07) is 5.33. The number of hydrogen-bond acceptors (Lipinski definition) is 3. The van der Waals surface area contributed by atoms with Gasteiger partial charge in [0.15, 0.2) is 11.5 Å². The summed E-state index contributed by atoms with van der Waals surface area (Å²) in [6.07, 6.45) is 1.68. The predicted octanol–water partition coefficient (Wildman–Crippen LogP) is 2.71. The molecule has 1 N–H and O–H groups in total. The van der Waals surface area contributed by atoms with Crippen molar-refractivity contribution in [2.24, 2.45) is 0 Å². The number of phenols is 1. The minimum absolute atomic E-state index is 0.0885. The van der Waals surface area contributed by atoms with Crippen molar-refractivity contribution in [3.05, 3.63) is 28.9 Å². The third-order valence-corrected chi connectivity index (χ3v) is 2.77. The van der Waals surface area contributed by atoms with Gasteiger partial charge in [-0.25, -0.2) is 0 Å². The van der Waals surface area contributed by atoms with Gasteiger partial charge in [-0.15, -0.1) is 0 Å². The summed E-state index contributed by atoms with van der Waals surface area (Å²) in [5, 5.41) is 10.5. The smallest absolute Gasteiger partial charge is 0.175 e. The van der Waals surface area contributed by atoms with Crippen LogP contribution in [0.15, 0.2) is 28.9 Å². The molecule has 3 nitrogen and oxygen atoms in total. The van der Waals surface area contributed by atoms with Crippen molar-refractivity contribution >= 4 is 26.8 Å². The number of ether oxygens (including phenoxy) is 1. The number of benzene rings is 1. The van der Waals surface area contributed by atoms with Gasteiger partial charge in [-0.2, -0.15) is 0 Å². The number of phenolic OH excluding ortho intramolecular Hbond substituents is 1. The number of aromatic hydroxyl groups is 1. The molecule has 0 amide bonds. The molecule has 2 rings (SSSR count). The van der Waals surface area contributed by atoms with Crippen LogP contribution in [0.25, 0.3) is 10.9 Å². The second kappa shape index (κ2) is 3.46. The Bertz CT molecular complexity index is 485. The maximum Gasteiger partial charge on any atom is 0.175 e. The van der Waals surface area contributed by atoms with E-state index in [-0.39, 0.29) is 5.75 Å². The Kier molecular flexibility index (Phi) is 2.29. The first-order chi connectivity index (χ1) is 6.74. The zero-order valence-corrected chi connectivity index (χ0v) is 9.08. The van der Waals surface area contributed by atoms with Crippen molar-refractivity contribution in [1.29, 1.82) is 0 Å². The van der Waals surface area contributed by atoms with Gasteiger partial charge in [-0.1, -0.05) is 6.07 Å². The number of rotatable bonds is 1. The largest absolute Gasteiger partial charge is 0.504 e. The Morgan fingerprint density at radius 2 is 2.29 bits per heavy atom. The summed E-state index contributed by atoms with van der Waals surface area (Å²) in [4.78, 5) is 4.13. The molecule has 0 fully saturated rings. The summed E-state index contributed by atoms with van der Waals surface area (Å²) in [5.74, 6) is 0.524. The Labute approximate surface area is 89.5 Å². The highest BCUT2D eigenvalue weighted by molar-refractivity contribution is 9.10. The molecule has 1 aromatic heterocycles. The van der Waals surface area contributed by atoms with Crippen LogP contribution in [0.5, 0.6) is 11.5 Å². The molecule has 0 atom stereocenters. The standard InChI is InChI=1S/C10H8BrNO2/c1-14-10-8(13)5-7-6(9(10)11)3-2-4-12-7/h2-5,13H,1H3. The fraction of sp³-hybridized carbons (Fsp3) is 0.100. The second-order valence-corrected chi connectivity index (χ2v) is 3.61. The summed E-state index contributed by atoms with van der Waals surface area (Å²) in [7, 11) is 1.52. The zero-order chi connectivity index (χ0) is 10.1. The number of nitrogens with zero attached hydrogens (tertiary/aromatic N) is 1. The molecule has 4 heteroatoms. The number of halogens is 1. The summed E-state index contributed by atoms with van der Waals surface area (Å²) in [5.41, 5.74) is 0.734. The monoisotopic (exact) mass is 253 g/mol. The van der Waals surface area contributed by atoms with Crippen molar-refractivity contribution < 1.29 is 9.84 Å². The van der Waals surface area contributed by atoms with Gasteiger partial charge >= 0.3 is 0 Å². The van der Waals surface area contributed by atoms with E-state index in [9.17, 15) is 5.11 Å². The lowest BCUT2D eigenvalue weighted by atomic mass is 10.2. The number of methoxy groups -OCH3 is 1. The van der Waals surface area contributed by atoms with E-state index >= 15 is 0 Å². The number of hydrogen-bond donors (Lipinski definition) is 1. The van der Waals surface area contributed by atoms with Crippen LogP contribution in [0.4, 0.5) is 0 Å². The highest BCUT2D eigenvalue weighted by Crippen LogP contribution is 2.39. The minimum atomic E-state index is 0.0885. The van der Waals surface area contributed by atoms with Crippen LogP contribution in [0, 0.1) is 0 Å². The molecule has 14 heavy (non-hydrogen) atoms. The van der Waals surface area contributed by atoms with Crippen LogP contribution >= 0.6 is 15.9 Å². The summed E-state index contributed by atoms with van der Waals surface area (Å²) in [6.45, 7) is 0. The molecule has 1 aromatic carbocycles. The van der Waals surface area contributed by atoms with Gasteiger partial charge in [0.25, 0.3) is 0 Å².